The van der Waals surface area contributed by atoms with Crippen LogP contribution in [-0.2, 0) is 15.8 Å². The standard InChI is InChI=1S/C17H18F3N3O.C2HF3O2/c1-10(2)23-9-12(7-15(23)24)16-21-8-14(22-16)11-3-5-13(6-4-11)17(18,19)20;3-2(4,5)1(6)7/h3-6,8,10,12H,7,9H2,1-2H3,(H,21,22);(H,6,7). The minimum absolute atomic E-state index is 0.0110. The lowest BCUT2D eigenvalue weighted by Crippen LogP contribution is -2.31. The number of alkyl halides is 6. The number of nitrogens with zero attached hydrogens (tertiary/aromatic N) is 2. The molecule has 1 fully saturated rings. The van der Waals surface area contributed by atoms with E-state index in [9.17, 15) is 31.1 Å². The van der Waals surface area contributed by atoms with Crippen molar-refractivity contribution < 1.29 is 41.0 Å². The molecule has 0 radical (unpaired) electrons. The average Bonchev–Trinajstić information content (AvgIpc) is 3.27. The molecule has 1 saturated heterocycles. The van der Waals surface area contributed by atoms with Crippen LogP contribution < -0.4 is 0 Å². The van der Waals surface area contributed by atoms with E-state index in [1.807, 2.05) is 18.7 Å². The molecule has 12 heteroatoms. The SMILES string of the molecule is CC(C)N1CC(c2ncc(-c3ccc(C(F)(F)F)cc3)[nH]2)CC1=O.O=C(O)C(F)(F)F. The Morgan fingerprint density at radius 2 is 1.71 bits per heavy atom. The van der Waals surface area contributed by atoms with E-state index in [2.05, 4.69) is 9.97 Å². The Kier molecular flexibility index (Phi) is 7.02. The highest BCUT2D eigenvalue weighted by Crippen LogP contribution is 2.32. The van der Waals surface area contributed by atoms with Crippen LogP contribution in [0.25, 0.3) is 11.3 Å². The van der Waals surface area contributed by atoms with Gasteiger partial charge in [-0.05, 0) is 31.5 Å². The second-order valence-corrected chi connectivity index (χ2v) is 7.10. The molecular weight excluding hydrogens is 432 g/mol. The summed E-state index contributed by atoms with van der Waals surface area (Å²) in [5.41, 5.74) is 0.598. The van der Waals surface area contributed by atoms with Crippen molar-refractivity contribution in [3.05, 3.63) is 41.9 Å². The lowest BCUT2D eigenvalue weighted by Gasteiger charge is -2.20. The van der Waals surface area contributed by atoms with Crippen molar-refractivity contribution in [3.63, 3.8) is 0 Å². The van der Waals surface area contributed by atoms with Crippen molar-refractivity contribution in [1.82, 2.24) is 14.9 Å². The van der Waals surface area contributed by atoms with Crippen LogP contribution in [-0.4, -0.2) is 50.6 Å². The number of H-pyrrole nitrogens is 1. The Balaban J connectivity index is 0.000000423. The molecule has 3 rings (SSSR count). The first kappa shape index (κ1) is 24.2. The number of amides is 1. The summed E-state index contributed by atoms with van der Waals surface area (Å²) < 4.78 is 69.6. The van der Waals surface area contributed by atoms with E-state index >= 15 is 0 Å². The molecule has 2 heterocycles. The summed E-state index contributed by atoms with van der Waals surface area (Å²) in [6.07, 6.45) is -7.43. The number of nitrogens with one attached hydrogen (secondary N) is 1. The maximum Gasteiger partial charge on any atom is 0.490 e. The number of carboxylic acid groups (broad SMARTS) is 1. The molecule has 1 aliphatic rings. The number of aliphatic carboxylic acids is 1. The van der Waals surface area contributed by atoms with Gasteiger partial charge in [0.05, 0.1) is 17.5 Å². The first-order valence-electron chi connectivity index (χ1n) is 9.02. The number of carbonyl (C=O) groups excluding carboxylic acids is 1. The molecule has 0 spiro atoms. The lowest BCUT2D eigenvalue weighted by atomic mass is 10.1. The van der Waals surface area contributed by atoms with E-state index in [1.54, 1.807) is 6.20 Å². The topological polar surface area (TPSA) is 86.3 Å². The first-order chi connectivity index (χ1) is 14.2. The summed E-state index contributed by atoms with van der Waals surface area (Å²) in [6.45, 7) is 4.54. The summed E-state index contributed by atoms with van der Waals surface area (Å²) in [4.78, 5) is 30.1. The Bertz CT molecular complexity index is 919. The molecule has 31 heavy (non-hydrogen) atoms. The van der Waals surface area contributed by atoms with E-state index in [4.69, 9.17) is 9.90 Å². The molecule has 170 valence electrons. The molecule has 1 unspecified atom stereocenters. The van der Waals surface area contributed by atoms with E-state index in [0.717, 1.165) is 12.1 Å². The van der Waals surface area contributed by atoms with Gasteiger partial charge in [0.2, 0.25) is 5.91 Å². The lowest BCUT2D eigenvalue weighted by molar-refractivity contribution is -0.192. The van der Waals surface area contributed by atoms with Crippen LogP contribution in [0.3, 0.4) is 0 Å². The van der Waals surface area contributed by atoms with Crippen LogP contribution in [0.1, 0.15) is 37.6 Å². The normalized spacial score (nSPS) is 17.0. The molecular formula is C19H19F6N3O3. The van der Waals surface area contributed by atoms with Gasteiger partial charge in [0, 0.05) is 24.9 Å². The van der Waals surface area contributed by atoms with Crippen molar-refractivity contribution in [3.8, 4) is 11.3 Å². The number of hydrogen-bond donors (Lipinski definition) is 2. The van der Waals surface area contributed by atoms with Crippen molar-refractivity contribution in [1.29, 1.82) is 0 Å². The van der Waals surface area contributed by atoms with Crippen molar-refractivity contribution in [2.75, 3.05) is 6.54 Å². The third-order valence-corrected chi connectivity index (χ3v) is 4.53. The van der Waals surface area contributed by atoms with E-state index in [-0.39, 0.29) is 17.9 Å². The molecule has 1 aromatic heterocycles. The maximum atomic E-state index is 12.6. The molecule has 0 bridgehead atoms. The average molecular weight is 451 g/mol. The number of aromatic nitrogens is 2. The fourth-order valence-electron chi connectivity index (χ4n) is 2.94. The summed E-state index contributed by atoms with van der Waals surface area (Å²) in [5, 5.41) is 7.12. The van der Waals surface area contributed by atoms with Gasteiger partial charge in [0.15, 0.2) is 0 Å². The van der Waals surface area contributed by atoms with Gasteiger partial charge in [0.1, 0.15) is 5.82 Å². The predicted octanol–water partition coefficient (Wildman–Crippen LogP) is 4.45. The third-order valence-electron chi connectivity index (χ3n) is 4.53. The number of imidazole rings is 1. The predicted molar refractivity (Wildman–Crippen MR) is 96.9 cm³/mol. The molecule has 1 aromatic carbocycles. The number of halogens is 6. The Morgan fingerprint density at radius 3 is 2.13 bits per heavy atom. The Labute approximate surface area is 172 Å². The van der Waals surface area contributed by atoms with Crippen LogP contribution in [0.2, 0.25) is 0 Å². The molecule has 2 N–H and O–H groups in total. The zero-order chi connectivity index (χ0) is 23.6. The van der Waals surface area contributed by atoms with Gasteiger partial charge in [-0.1, -0.05) is 12.1 Å². The smallest absolute Gasteiger partial charge is 0.475 e. The second kappa shape index (κ2) is 8.98. The molecule has 6 nitrogen and oxygen atoms in total. The fraction of sp³-hybridized carbons (Fsp3) is 0.421. The molecule has 2 aromatic rings. The number of benzene rings is 1. The van der Waals surface area contributed by atoms with E-state index in [0.29, 0.717) is 30.0 Å². The number of aromatic amines is 1. The number of carbonyl (C=O) groups is 2. The number of rotatable bonds is 3. The summed E-state index contributed by atoms with van der Waals surface area (Å²) >= 11 is 0. The van der Waals surface area contributed by atoms with Gasteiger partial charge in [-0.15, -0.1) is 0 Å². The summed E-state index contributed by atoms with van der Waals surface area (Å²) in [6, 6.07) is 5.08. The zero-order valence-corrected chi connectivity index (χ0v) is 16.4. The highest BCUT2D eigenvalue weighted by atomic mass is 19.4. The second-order valence-electron chi connectivity index (χ2n) is 7.10. The highest BCUT2D eigenvalue weighted by molar-refractivity contribution is 5.80. The highest BCUT2D eigenvalue weighted by Gasteiger charge is 2.38. The van der Waals surface area contributed by atoms with E-state index in [1.165, 1.54) is 12.1 Å². The van der Waals surface area contributed by atoms with Gasteiger partial charge in [-0.3, -0.25) is 4.79 Å². The first-order valence-corrected chi connectivity index (χ1v) is 9.02. The molecule has 0 saturated carbocycles. The summed E-state index contributed by atoms with van der Waals surface area (Å²) in [7, 11) is 0. The van der Waals surface area contributed by atoms with Gasteiger partial charge in [-0.25, -0.2) is 9.78 Å². The molecule has 1 amide bonds. The number of carboxylic acids is 1. The minimum Gasteiger partial charge on any atom is -0.475 e. The quantitative estimate of drug-likeness (QED) is 0.675. The largest absolute Gasteiger partial charge is 0.490 e. The summed E-state index contributed by atoms with van der Waals surface area (Å²) in [5.74, 6) is -1.97. The van der Waals surface area contributed by atoms with Crippen LogP contribution in [0.5, 0.6) is 0 Å². The molecule has 0 aliphatic carbocycles. The fourth-order valence-corrected chi connectivity index (χ4v) is 2.94. The van der Waals surface area contributed by atoms with Crippen LogP contribution in [0, 0.1) is 0 Å². The maximum absolute atomic E-state index is 12.6. The van der Waals surface area contributed by atoms with Crippen LogP contribution in [0.15, 0.2) is 30.5 Å². The minimum atomic E-state index is -5.08. The van der Waals surface area contributed by atoms with Crippen LogP contribution >= 0.6 is 0 Å². The monoisotopic (exact) mass is 451 g/mol. The molecule has 1 aliphatic heterocycles. The number of likely N-dealkylation sites (tertiary alicyclic amines) is 1. The Hall–Kier alpha value is -3.05. The third kappa shape index (κ3) is 6.22. The van der Waals surface area contributed by atoms with Crippen molar-refractivity contribution in [2.24, 2.45) is 0 Å². The van der Waals surface area contributed by atoms with Crippen molar-refractivity contribution >= 4 is 11.9 Å². The van der Waals surface area contributed by atoms with E-state index < -0.39 is 23.9 Å². The van der Waals surface area contributed by atoms with Crippen LogP contribution in [0.4, 0.5) is 26.3 Å². The number of hydrogen-bond acceptors (Lipinski definition) is 3. The van der Waals surface area contributed by atoms with Gasteiger partial charge < -0.3 is 15.0 Å². The van der Waals surface area contributed by atoms with Crippen molar-refractivity contribution in [2.45, 2.75) is 44.6 Å². The van der Waals surface area contributed by atoms with Gasteiger partial charge in [-0.2, -0.15) is 26.3 Å². The van der Waals surface area contributed by atoms with Gasteiger partial charge >= 0.3 is 18.3 Å². The Morgan fingerprint density at radius 1 is 1.16 bits per heavy atom. The molecule has 1 atom stereocenters. The zero-order valence-electron chi connectivity index (χ0n) is 16.4. The van der Waals surface area contributed by atoms with Gasteiger partial charge in [0.25, 0.3) is 0 Å².